The summed E-state index contributed by atoms with van der Waals surface area (Å²) >= 11 is 8.48. The Morgan fingerprint density at radius 2 is 2.06 bits per heavy atom. The van der Waals surface area contributed by atoms with Crippen LogP contribution in [0.4, 0.5) is 0 Å². The first-order chi connectivity index (χ1) is 7.91. The lowest BCUT2D eigenvalue weighted by Gasteiger charge is -2.41. The van der Waals surface area contributed by atoms with E-state index in [1.54, 1.807) is 0 Å². The Hall–Kier alpha value is -0.0100. The van der Waals surface area contributed by atoms with Gasteiger partial charge in [-0.1, -0.05) is 27.2 Å². The first-order valence-corrected chi connectivity index (χ1v) is 7.92. The van der Waals surface area contributed by atoms with Crippen LogP contribution in [0, 0.1) is 18.8 Å². The molecular formula is C15H23ClS. The van der Waals surface area contributed by atoms with Gasteiger partial charge in [0.2, 0.25) is 0 Å². The summed E-state index contributed by atoms with van der Waals surface area (Å²) in [5.41, 5.74) is 1.70. The molecule has 3 atom stereocenters. The van der Waals surface area contributed by atoms with Gasteiger partial charge in [-0.05, 0) is 54.0 Å². The van der Waals surface area contributed by atoms with Crippen LogP contribution < -0.4 is 0 Å². The zero-order chi connectivity index (χ0) is 12.6. The number of alkyl halides is 1. The van der Waals surface area contributed by atoms with Gasteiger partial charge in [0.15, 0.2) is 0 Å². The summed E-state index contributed by atoms with van der Waals surface area (Å²) in [6.45, 7) is 9.24. The molecule has 0 bridgehead atoms. The lowest BCUT2D eigenvalue weighted by Crippen LogP contribution is -2.38. The SMILES string of the molecule is Cc1cc(C(C)(C)C2CCC(C)CC2Cl)cs1. The third-order valence-corrected chi connectivity index (χ3v) is 5.78. The van der Waals surface area contributed by atoms with Crippen LogP contribution in [-0.2, 0) is 5.41 Å². The molecule has 1 heterocycles. The molecule has 0 radical (unpaired) electrons. The second-order valence-electron chi connectivity index (χ2n) is 6.21. The molecule has 96 valence electrons. The first-order valence-electron chi connectivity index (χ1n) is 6.61. The lowest BCUT2D eigenvalue weighted by atomic mass is 9.66. The normalized spacial score (nSPS) is 30.5. The maximum atomic E-state index is 6.62. The Labute approximate surface area is 114 Å². The summed E-state index contributed by atoms with van der Waals surface area (Å²) in [4.78, 5) is 1.41. The van der Waals surface area contributed by atoms with E-state index in [-0.39, 0.29) is 5.41 Å². The third kappa shape index (κ3) is 2.71. The summed E-state index contributed by atoms with van der Waals surface area (Å²) in [5, 5.41) is 2.66. The van der Waals surface area contributed by atoms with Gasteiger partial charge in [-0.2, -0.15) is 0 Å². The van der Waals surface area contributed by atoms with Gasteiger partial charge in [0, 0.05) is 10.3 Å². The molecule has 0 aliphatic heterocycles. The van der Waals surface area contributed by atoms with Crippen LogP contribution in [0.3, 0.4) is 0 Å². The number of aryl methyl sites for hydroxylation is 1. The molecule has 1 aliphatic rings. The summed E-state index contributed by atoms with van der Waals surface area (Å²) in [6.07, 6.45) is 3.79. The summed E-state index contributed by atoms with van der Waals surface area (Å²) in [6, 6.07) is 2.34. The highest BCUT2D eigenvalue weighted by Gasteiger charge is 2.39. The summed E-state index contributed by atoms with van der Waals surface area (Å²) in [5.74, 6) is 1.42. The van der Waals surface area contributed by atoms with Crippen LogP contribution in [0.15, 0.2) is 11.4 Å². The molecule has 1 aliphatic carbocycles. The minimum absolute atomic E-state index is 0.220. The highest BCUT2D eigenvalue weighted by Crippen LogP contribution is 2.45. The fourth-order valence-corrected chi connectivity index (χ4v) is 4.74. The average molecular weight is 271 g/mol. The Kier molecular flexibility index (Phi) is 3.89. The average Bonchev–Trinajstić information content (AvgIpc) is 2.64. The molecule has 0 amide bonds. The number of hydrogen-bond donors (Lipinski definition) is 0. The molecule has 17 heavy (non-hydrogen) atoms. The second-order valence-corrected chi connectivity index (χ2v) is 7.88. The minimum atomic E-state index is 0.220. The third-order valence-electron chi connectivity index (χ3n) is 4.44. The fourth-order valence-electron chi connectivity index (χ4n) is 3.12. The minimum Gasteiger partial charge on any atom is -0.149 e. The van der Waals surface area contributed by atoms with Crippen LogP contribution in [0.5, 0.6) is 0 Å². The largest absolute Gasteiger partial charge is 0.149 e. The zero-order valence-electron chi connectivity index (χ0n) is 11.3. The van der Waals surface area contributed by atoms with Crippen molar-refractivity contribution in [3.8, 4) is 0 Å². The van der Waals surface area contributed by atoms with E-state index in [1.807, 2.05) is 11.3 Å². The van der Waals surface area contributed by atoms with Crippen molar-refractivity contribution < 1.29 is 0 Å². The van der Waals surface area contributed by atoms with E-state index in [0.29, 0.717) is 11.3 Å². The van der Waals surface area contributed by atoms with Crippen molar-refractivity contribution in [2.45, 2.75) is 57.7 Å². The van der Waals surface area contributed by atoms with E-state index in [4.69, 9.17) is 11.6 Å². The Morgan fingerprint density at radius 3 is 2.59 bits per heavy atom. The topological polar surface area (TPSA) is 0 Å². The van der Waals surface area contributed by atoms with Crippen molar-refractivity contribution in [3.63, 3.8) is 0 Å². The lowest BCUT2D eigenvalue weighted by molar-refractivity contribution is 0.208. The molecule has 0 nitrogen and oxygen atoms in total. The van der Waals surface area contributed by atoms with Crippen LogP contribution in [0.1, 0.15) is 50.5 Å². The van der Waals surface area contributed by atoms with Gasteiger partial charge in [0.1, 0.15) is 0 Å². The molecule has 2 heteroatoms. The number of rotatable bonds is 2. The van der Waals surface area contributed by atoms with Crippen molar-refractivity contribution in [3.05, 3.63) is 21.9 Å². The Morgan fingerprint density at radius 1 is 1.35 bits per heavy atom. The van der Waals surface area contributed by atoms with Crippen LogP contribution in [0.2, 0.25) is 0 Å². The monoisotopic (exact) mass is 270 g/mol. The predicted octanol–water partition coefficient (Wildman–Crippen LogP) is 5.38. The van der Waals surface area contributed by atoms with Crippen LogP contribution in [0.25, 0.3) is 0 Å². The van der Waals surface area contributed by atoms with Gasteiger partial charge >= 0.3 is 0 Å². The first kappa shape index (κ1) is 13.4. The van der Waals surface area contributed by atoms with Crippen LogP contribution in [-0.4, -0.2) is 5.38 Å². The molecule has 0 aromatic carbocycles. The van der Waals surface area contributed by atoms with E-state index in [9.17, 15) is 0 Å². The standard InChI is InChI=1S/C15H23ClS/c1-10-5-6-13(14(16)7-10)15(3,4)12-8-11(2)17-9-12/h8-10,13-14H,5-7H2,1-4H3. The highest BCUT2D eigenvalue weighted by atomic mass is 35.5. The van der Waals surface area contributed by atoms with Crippen molar-refractivity contribution in [2.24, 2.45) is 11.8 Å². The van der Waals surface area contributed by atoms with Gasteiger partial charge in [0.25, 0.3) is 0 Å². The molecule has 1 saturated carbocycles. The van der Waals surface area contributed by atoms with Crippen molar-refractivity contribution in [1.82, 2.24) is 0 Å². The van der Waals surface area contributed by atoms with E-state index in [1.165, 1.54) is 29.7 Å². The molecule has 0 saturated heterocycles. The fraction of sp³-hybridized carbons (Fsp3) is 0.733. The molecule has 1 aromatic rings. The number of halogens is 1. The van der Waals surface area contributed by atoms with E-state index >= 15 is 0 Å². The molecule has 1 aromatic heterocycles. The van der Waals surface area contributed by atoms with E-state index < -0.39 is 0 Å². The van der Waals surface area contributed by atoms with Gasteiger partial charge in [-0.25, -0.2) is 0 Å². The summed E-state index contributed by atoms with van der Waals surface area (Å²) in [7, 11) is 0. The molecular weight excluding hydrogens is 248 g/mol. The molecule has 0 N–H and O–H groups in total. The Balaban J connectivity index is 2.20. The Bertz CT molecular complexity index is 380. The molecule has 0 spiro atoms. The molecule has 2 rings (SSSR count). The van der Waals surface area contributed by atoms with E-state index in [0.717, 1.165) is 5.92 Å². The predicted molar refractivity (Wildman–Crippen MR) is 78.2 cm³/mol. The highest BCUT2D eigenvalue weighted by molar-refractivity contribution is 7.10. The van der Waals surface area contributed by atoms with Crippen molar-refractivity contribution >= 4 is 22.9 Å². The molecule has 1 fully saturated rings. The maximum absolute atomic E-state index is 6.62. The van der Waals surface area contributed by atoms with E-state index in [2.05, 4.69) is 39.1 Å². The van der Waals surface area contributed by atoms with Gasteiger partial charge in [-0.3, -0.25) is 0 Å². The van der Waals surface area contributed by atoms with Crippen LogP contribution >= 0.6 is 22.9 Å². The van der Waals surface area contributed by atoms with Crippen molar-refractivity contribution in [2.75, 3.05) is 0 Å². The van der Waals surface area contributed by atoms with Gasteiger partial charge in [0.05, 0.1) is 0 Å². The second kappa shape index (κ2) is 4.93. The zero-order valence-corrected chi connectivity index (χ0v) is 12.9. The number of hydrogen-bond acceptors (Lipinski definition) is 1. The quantitative estimate of drug-likeness (QED) is 0.633. The van der Waals surface area contributed by atoms with Gasteiger partial charge in [-0.15, -0.1) is 22.9 Å². The smallest absolute Gasteiger partial charge is 0.0375 e. The number of thiophene rings is 1. The maximum Gasteiger partial charge on any atom is 0.0375 e. The van der Waals surface area contributed by atoms with Gasteiger partial charge < -0.3 is 0 Å². The summed E-state index contributed by atoms with van der Waals surface area (Å²) < 4.78 is 0. The molecule has 3 unspecified atom stereocenters. The van der Waals surface area contributed by atoms with Crippen molar-refractivity contribution in [1.29, 1.82) is 0 Å².